The van der Waals surface area contributed by atoms with Crippen LogP contribution in [0.25, 0.3) is 0 Å². The molecule has 1 rings (SSSR count). The Balaban J connectivity index is 2.67. The van der Waals surface area contributed by atoms with Crippen LogP contribution in [0.1, 0.15) is 20.8 Å². The molecule has 0 spiro atoms. The Morgan fingerprint density at radius 3 is 2.41 bits per heavy atom. The molecule has 0 saturated heterocycles. The van der Waals surface area contributed by atoms with Gasteiger partial charge in [0.05, 0.1) is 5.69 Å². The van der Waals surface area contributed by atoms with Crippen molar-refractivity contribution in [3.63, 3.8) is 0 Å². The number of hydrogen-bond donors (Lipinski definition) is 2. The van der Waals surface area contributed by atoms with Gasteiger partial charge in [-0.15, -0.1) is 0 Å². The molecule has 0 aliphatic heterocycles. The first-order valence-electron chi connectivity index (χ1n) is 5.42. The van der Waals surface area contributed by atoms with Crippen molar-refractivity contribution in [2.24, 2.45) is 0 Å². The lowest BCUT2D eigenvalue weighted by Gasteiger charge is -2.17. The van der Waals surface area contributed by atoms with Crippen molar-refractivity contribution >= 4 is 11.6 Å². The number of amides is 1. The molecule has 0 heterocycles. The van der Waals surface area contributed by atoms with Gasteiger partial charge in [0.15, 0.2) is 0 Å². The van der Waals surface area contributed by atoms with E-state index in [9.17, 15) is 13.6 Å². The van der Waals surface area contributed by atoms with Gasteiger partial charge < -0.3 is 10.6 Å². The Morgan fingerprint density at radius 2 is 1.88 bits per heavy atom. The molecule has 5 heteroatoms. The summed E-state index contributed by atoms with van der Waals surface area (Å²) < 4.78 is 26.0. The summed E-state index contributed by atoms with van der Waals surface area (Å²) in [6, 6.07) is 2.61. The van der Waals surface area contributed by atoms with E-state index in [1.165, 1.54) is 6.07 Å². The molecule has 1 aromatic carbocycles. The number of anilines is 1. The predicted octanol–water partition coefficient (Wildman–Crippen LogP) is 2.29. The van der Waals surface area contributed by atoms with Gasteiger partial charge >= 0.3 is 0 Å². The minimum absolute atomic E-state index is 0.0183. The first-order chi connectivity index (χ1) is 7.90. The Hall–Kier alpha value is -1.65. The lowest BCUT2D eigenvalue weighted by molar-refractivity contribution is -0.122. The highest BCUT2D eigenvalue weighted by atomic mass is 19.1. The van der Waals surface area contributed by atoms with Gasteiger partial charge in [-0.3, -0.25) is 4.79 Å². The second-order valence-corrected chi connectivity index (χ2v) is 4.15. The SMILES string of the molecule is CC(C)NC(=O)C(C)Nc1ccc(F)cc1F. The first-order valence-corrected chi connectivity index (χ1v) is 5.42. The van der Waals surface area contributed by atoms with Crippen LogP contribution in [0.5, 0.6) is 0 Å². The quantitative estimate of drug-likeness (QED) is 0.850. The molecular formula is C12H16F2N2O. The summed E-state index contributed by atoms with van der Waals surface area (Å²) in [4.78, 5) is 11.6. The maximum atomic E-state index is 13.3. The van der Waals surface area contributed by atoms with E-state index in [1.807, 2.05) is 13.8 Å². The normalized spacial score (nSPS) is 12.4. The number of benzene rings is 1. The molecule has 1 amide bonds. The van der Waals surface area contributed by atoms with E-state index in [2.05, 4.69) is 10.6 Å². The van der Waals surface area contributed by atoms with Gasteiger partial charge in [0.2, 0.25) is 5.91 Å². The summed E-state index contributed by atoms with van der Waals surface area (Å²) >= 11 is 0. The van der Waals surface area contributed by atoms with Gasteiger partial charge in [-0.25, -0.2) is 8.78 Å². The fourth-order valence-electron chi connectivity index (χ4n) is 1.31. The molecule has 94 valence electrons. The number of nitrogens with one attached hydrogen (secondary N) is 2. The monoisotopic (exact) mass is 242 g/mol. The zero-order valence-corrected chi connectivity index (χ0v) is 10.1. The van der Waals surface area contributed by atoms with E-state index in [0.29, 0.717) is 0 Å². The van der Waals surface area contributed by atoms with E-state index in [4.69, 9.17) is 0 Å². The summed E-state index contributed by atoms with van der Waals surface area (Å²) in [7, 11) is 0. The molecule has 1 unspecified atom stereocenters. The Kier molecular flexibility index (Phi) is 4.43. The average Bonchev–Trinajstić information content (AvgIpc) is 2.21. The second kappa shape index (κ2) is 5.61. The largest absolute Gasteiger partial charge is 0.372 e. The van der Waals surface area contributed by atoms with Crippen LogP contribution >= 0.6 is 0 Å². The van der Waals surface area contributed by atoms with Gasteiger partial charge in [-0.05, 0) is 32.9 Å². The molecule has 1 atom stereocenters. The van der Waals surface area contributed by atoms with E-state index in [-0.39, 0.29) is 17.6 Å². The van der Waals surface area contributed by atoms with Gasteiger partial charge in [0.25, 0.3) is 0 Å². The van der Waals surface area contributed by atoms with Crippen molar-refractivity contribution < 1.29 is 13.6 Å². The van der Waals surface area contributed by atoms with Gasteiger partial charge in [-0.1, -0.05) is 0 Å². The van der Waals surface area contributed by atoms with Crippen LogP contribution in [0.2, 0.25) is 0 Å². The van der Waals surface area contributed by atoms with Crippen LogP contribution in [-0.2, 0) is 4.79 Å². The molecule has 3 nitrogen and oxygen atoms in total. The van der Waals surface area contributed by atoms with Crippen molar-refractivity contribution in [2.45, 2.75) is 32.9 Å². The summed E-state index contributed by atoms with van der Waals surface area (Å²) in [5, 5.41) is 5.38. The number of rotatable bonds is 4. The van der Waals surface area contributed by atoms with Crippen LogP contribution in [-0.4, -0.2) is 18.0 Å². The maximum absolute atomic E-state index is 13.3. The third-order valence-corrected chi connectivity index (χ3v) is 2.13. The maximum Gasteiger partial charge on any atom is 0.242 e. The Labute approximate surface area is 99.2 Å². The number of hydrogen-bond acceptors (Lipinski definition) is 2. The van der Waals surface area contributed by atoms with Crippen molar-refractivity contribution in [3.05, 3.63) is 29.8 Å². The highest BCUT2D eigenvalue weighted by molar-refractivity contribution is 5.84. The molecule has 0 aliphatic rings. The molecule has 0 aliphatic carbocycles. The number of carbonyl (C=O) groups excluding carboxylic acids is 1. The third kappa shape index (κ3) is 4.01. The van der Waals surface area contributed by atoms with Gasteiger partial charge in [0.1, 0.15) is 17.7 Å². The molecule has 0 bridgehead atoms. The summed E-state index contributed by atoms with van der Waals surface area (Å²) in [6.07, 6.45) is 0. The summed E-state index contributed by atoms with van der Waals surface area (Å²) in [6.45, 7) is 5.28. The van der Waals surface area contributed by atoms with Crippen LogP contribution in [0, 0.1) is 11.6 Å². The number of carbonyl (C=O) groups is 1. The molecule has 0 radical (unpaired) electrons. The van der Waals surface area contributed by atoms with Crippen LogP contribution in [0.15, 0.2) is 18.2 Å². The highest BCUT2D eigenvalue weighted by Gasteiger charge is 2.15. The van der Waals surface area contributed by atoms with Crippen molar-refractivity contribution in [1.82, 2.24) is 5.32 Å². The zero-order chi connectivity index (χ0) is 13.0. The Bertz CT molecular complexity index is 407. The predicted molar refractivity (Wildman–Crippen MR) is 62.7 cm³/mol. The topological polar surface area (TPSA) is 41.1 Å². The summed E-state index contributed by atoms with van der Waals surface area (Å²) in [5.41, 5.74) is 0.109. The van der Waals surface area contributed by atoms with Crippen molar-refractivity contribution in [3.8, 4) is 0 Å². The second-order valence-electron chi connectivity index (χ2n) is 4.15. The molecule has 0 aromatic heterocycles. The molecular weight excluding hydrogens is 226 g/mol. The van der Waals surface area contributed by atoms with Crippen LogP contribution < -0.4 is 10.6 Å². The lowest BCUT2D eigenvalue weighted by atomic mass is 10.2. The van der Waals surface area contributed by atoms with E-state index >= 15 is 0 Å². The fraction of sp³-hybridized carbons (Fsp3) is 0.417. The van der Waals surface area contributed by atoms with Crippen molar-refractivity contribution in [1.29, 1.82) is 0 Å². The fourth-order valence-corrected chi connectivity index (χ4v) is 1.31. The zero-order valence-electron chi connectivity index (χ0n) is 10.1. The van der Waals surface area contributed by atoms with Gasteiger partial charge in [0, 0.05) is 12.1 Å². The minimum Gasteiger partial charge on any atom is -0.372 e. The number of halogens is 2. The first kappa shape index (κ1) is 13.4. The minimum atomic E-state index is -0.714. The standard InChI is InChI=1S/C12H16F2N2O/c1-7(2)15-12(17)8(3)16-11-5-4-9(13)6-10(11)14/h4-8,16H,1-3H3,(H,15,17). The van der Waals surface area contributed by atoms with Crippen LogP contribution in [0.3, 0.4) is 0 Å². The van der Waals surface area contributed by atoms with Crippen molar-refractivity contribution in [2.75, 3.05) is 5.32 Å². The third-order valence-electron chi connectivity index (χ3n) is 2.13. The Morgan fingerprint density at radius 1 is 1.24 bits per heavy atom. The highest BCUT2D eigenvalue weighted by Crippen LogP contribution is 2.15. The molecule has 0 fully saturated rings. The van der Waals surface area contributed by atoms with E-state index in [1.54, 1.807) is 6.92 Å². The van der Waals surface area contributed by atoms with E-state index in [0.717, 1.165) is 12.1 Å². The average molecular weight is 242 g/mol. The molecule has 2 N–H and O–H groups in total. The molecule has 1 aromatic rings. The van der Waals surface area contributed by atoms with Crippen LogP contribution in [0.4, 0.5) is 14.5 Å². The lowest BCUT2D eigenvalue weighted by Crippen LogP contribution is -2.41. The molecule has 0 saturated carbocycles. The van der Waals surface area contributed by atoms with Gasteiger partial charge in [-0.2, -0.15) is 0 Å². The molecule has 17 heavy (non-hydrogen) atoms. The smallest absolute Gasteiger partial charge is 0.242 e. The summed E-state index contributed by atoms with van der Waals surface area (Å²) in [5.74, 6) is -1.59. The van der Waals surface area contributed by atoms with E-state index < -0.39 is 17.7 Å².